The van der Waals surface area contributed by atoms with Gasteiger partial charge in [0.25, 0.3) is 0 Å². The maximum absolute atomic E-state index is 12.2. The first-order valence-electron chi connectivity index (χ1n) is 7.81. The van der Waals surface area contributed by atoms with Gasteiger partial charge in [-0.1, -0.05) is 0 Å². The summed E-state index contributed by atoms with van der Waals surface area (Å²) in [6.45, 7) is 2.20. The number of aromatic nitrogens is 3. The zero-order valence-electron chi connectivity index (χ0n) is 13.0. The summed E-state index contributed by atoms with van der Waals surface area (Å²) < 4.78 is 25.9. The van der Waals surface area contributed by atoms with Crippen molar-refractivity contribution in [3.63, 3.8) is 0 Å². The summed E-state index contributed by atoms with van der Waals surface area (Å²) in [5.41, 5.74) is 0.689. The van der Waals surface area contributed by atoms with Crippen molar-refractivity contribution in [2.24, 2.45) is 5.92 Å². The van der Waals surface area contributed by atoms with Crippen molar-refractivity contribution in [3.05, 3.63) is 24.7 Å². The lowest BCUT2D eigenvalue weighted by Gasteiger charge is -2.41. The average molecular weight is 333 g/mol. The van der Waals surface area contributed by atoms with Gasteiger partial charge in [0.15, 0.2) is 5.65 Å². The molecular weight excluding hydrogens is 314 g/mol. The Morgan fingerprint density at radius 3 is 2.78 bits per heavy atom. The topological polar surface area (TPSA) is 79.3 Å². The molecule has 7 nitrogen and oxygen atoms in total. The molecular formula is C15H19N5O2S. The van der Waals surface area contributed by atoms with Gasteiger partial charge in [0.2, 0.25) is 10.0 Å². The first kappa shape index (κ1) is 14.8. The van der Waals surface area contributed by atoms with E-state index >= 15 is 0 Å². The van der Waals surface area contributed by atoms with Crippen LogP contribution in [0.5, 0.6) is 0 Å². The fraction of sp³-hybridized carbons (Fsp3) is 0.533. The highest BCUT2D eigenvalue weighted by atomic mass is 32.2. The van der Waals surface area contributed by atoms with Gasteiger partial charge in [0.05, 0.1) is 10.6 Å². The van der Waals surface area contributed by atoms with Crippen LogP contribution >= 0.6 is 0 Å². The standard InChI is InChI=1S/C15H19N5O2S/c1-19(23(21,22)12-4-5-12)7-11-8-20(9-11)15-13-3-2-6-16-14(13)17-10-18-15/h2-3,6,10-12H,4-5,7-9H2,1H3. The first-order valence-corrected chi connectivity index (χ1v) is 9.32. The number of fused-ring (bicyclic) bond motifs is 1. The number of nitrogens with zero attached hydrogens (tertiary/aromatic N) is 5. The molecule has 0 atom stereocenters. The largest absolute Gasteiger partial charge is 0.355 e. The van der Waals surface area contributed by atoms with Crippen LogP contribution in [-0.4, -0.2) is 59.6 Å². The third-order valence-electron chi connectivity index (χ3n) is 4.54. The highest BCUT2D eigenvalue weighted by molar-refractivity contribution is 7.90. The van der Waals surface area contributed by atoms with Crippen molar-refractivity contribution >= 4 is 26.9 Å². The molecule has 1 aliphatic carbocycles. The van der Waals surface area contributed by atoms with E-state index in [0.717, 1.165) is 37.1 Å². The first-order chi connectivity index (χ1) is 11.1. The summed E-state index contributed by atoms with van der Waals surface area (Å²) in [5.74, 6) is 1.22. The van der Waals surface area contributed by atoms with E-state index < -0.39 is 10.0 Å². The summed E-state index contributed by atoms with van der Waals surface area (Å²) in [7, 11) is -1.38. The molecule has 0 bridgehead atoms. The Morgan fingerprint density at radius 2 is 2.04 bits per heavy atom. The Morgan fingerprint density at radius 1 is 1.26 bits per heavy atom. The van der Waals surface area contributed by atoms with Crippen molar-refractivity contribution in [2.45, 2.75) is 18.1 Å². The zero-order valence-corrected chi connectivity index (χ0v) is 13.8. The Bertz CT molecular complexity index is 825. The van der Waals surface area contributed by atoms with E-state index in [-0.39, 0.29) is 5.25 Å². The third-order valence-corrected chi connectivity index (χ3v) is 6.87. The molecule has 0 amide bonds. The molecule has 2 aromatic heterocycles. The summed E-state index contributed by atoms with van der Waals surface area (Å²) in [6.07, 6.45) is 4.87. The molecule has 0 unspecified atom stereocenters. The molecule has 23 heavy (non-hydrogen) atoms. The lowest BCUT2D eigenvalue weighted by molar-refractivity contribution is 0.326. The minimum absolute atomic E-state index is 0.138. The van der Waals surface area contributed by atoms with Gasteiger partial charge in [0, 0.05) is 38.8 Å². The lowest BCUT2D eigenvalue weighted by atomic mass is 10.00. The smallest absolute Gasteiger partial charge is 0.216 e. The second kappa shape index (κ2) is 5.38. The van der Waals surface area contributed by atoms with E-state index in [1.807, 2.05) is 12.1 Å². The van der Waals surface area contributed by atoms with Gasteiger partial charge in [-0.15, -0.1) is 0 Å². The number of hydrogen-bond acceptors (Lipinski definition) is 6. The summed E-state index contributed by atoms with van der Waals surface area (Å²) in [6, 6.07) is 3.84. The quantitative estimate of drug-likeness (QED) is 0.808. The number of hydrogen-bond donors (Lipinski definition) is 0. The third kappa shape index (κ3) is 2.66. The number of anilines is 1. The molecule has 4 rings (SSSR count). The molecule has 0 aromatic carbocycles. The summed E-state index contributed by atoms with van der Waals surface area (Å²) >= 11 is 0. The van der Waals surface area contributed by atoms with Gasteiger partial charge in [0.1, 0.15) is 12.1 Å². The Hall–Kier alpha value is -1.80. The van der Waals surface area contributed by atoms with Crippen LogP contribution in [0, 0.1) is 5.92 Å². The van der Waals surface area contributed by atoms with E-state index in [1.54, 1.807) is 13.2 Å². The molecule has 8 heteroatoms. The lowest BCUT2D eigenvalue weighted by Crippen LogP contribution is -2.52. The monoisotopic (exact) mass is 333 g/mol. The number of sulfonamides is 1. The fourth-order valence-electron chi connectivity index (χ4n) is 3.08. The van der Waals surface area contributed by atoms with Crippen LogP contribution in [0.15, 0.2) is 24.7 Å². The summed E-state index contributed by atoms with van der Waals surface area (Å²) in [5, 5.41) is 0.799. The molecule has 2 aliphatic rings. The molecule has 2 fully saturated rings. The van der Waals surface area contributed by atoms with E-state index in [2.05, 4.69) is 19.9 Å². The van der Waals surface area contributed by atoms with E-state index in [4.69, 9.17) is 0 Å². The molecule has 3 heterocycles. The molecule has 1 saturated carbocycles. The van der Waals surface area contributed by atoms with Gasteiger partial charge in [-0.3, -0.25) is 0 Å². The molecule has 122 valence electrons. The molecule has 0 radical (unpaired) electrons. The van der Waals surface area contributed by atoms with Gasteiger partial charge in [-0.25, -0.2) is 27.7 Å². The highest BCUT2D eigenvalue weighted by Crippen LogP contribution is 2.32. The Balaban J connectivity index is 1.43. The van der Waals surface area contributed by atoms with Gasteiger partial charge >= 0.3 is 0 Å². The number of pyridine rings is 1. The fourth-order valence-corrected chi connectivity index (χ4v) is 4.74. The van der Waals surface area contributed by atoms with Gasteiger partial charge < -0.3 is 4.90 Å². The molecule has 1 saturated heterocycles. The minimum Gasteiger partial charge on any atom is -0.355 e. The highest BCUT2D eigenvalue weighted by Gasteiger charge is 2.40. The van der Waals surface area contributed by atoms with Crippen molar-refractivity contribution in [3.8, 4) is 0 Å². The normalized spacial score (nSPS) is 19.3. The van der Waals surface area contributed by atoms with Gasteiger partial charge in [-0.05, 0) is 25.0 Å². The van der Waals surface area contributed by atoms with Crippen molar-refractivity contribution in [2.75, 3.05) is 31.6 Å². The predicted octanol–water partition coefficient (Wildman–Crippen LogP) is 0.885. The Labute approximate surface area is 135 Å². The van der Waals surface area contributed by atoms with E-state index in [1.165, 1.54) is 10.6 Å². The average Bonchev–Trinajstić information content (AvgIpc) is 3.35. The van der Waals surface area contributed by atoms with Crippen LogP contribution in [0.4, 0.5) is 5.82 Å². The summed E-state index contributed by atoms with van der Waals surface area (Å²) in [4.78, 5) is 14.9. The van der Waals surface area contributed by atoms with Crippen molar-refractivity contribution in [1.29, 1.82) is 0 Å². The second-order valence-electron chi connectivity index (χ2n) is 6.37. The van der Waals surface area contributed by atoms with E-state index in [9.17, 15) is 8.42 Å². The molecule has 2 aromatic rings. The van der Waals surface area contributed by atoms with Crippen molar-refractivity contribution in [1.82, 2.24) is 19.3 Å². The molecule has 0 spiro atoms. The van der Waals surface area contributed by atoms with Crippen LogP contribution < -0.4 is 4.90 Å². The molecule has 0 N–H and O–H groups in total. The van der Waals surface area contributed by atoms with Gasteiger partial charge in [-0.2, -0.15) is 0 Å². The van der Waals surface area contributed by atoms with Crippen LogP contribution in [0.1, 0.15) is 12.8 Å². The predicted molar refractivity (Wildman–Crippen MR) is 87.6 cm³/mol. The maximum Gasteiger partial charge on any atom is 0.216 e. The SMILES string of the molecule is CN(CC1CN(c2ncnc3ncccc23)C1)S(=O)(=O)C1CC1. The second-order valence-corrected chi connectivity index (χ2v) is 8.69. The number of rotatable bonds is 5. The van der Waals surface area contributed by atoms with Crippen LogP contribution in [-0.2, 0) is 10.0 Å². The van der Waals surface area contributed by atoms with Crippen LogP contribution in [0.2, 0.25) is 0 Å². The van der Waals surface area contributed by atoms with E-state index in [0.29, 0.717) is 18.1 Å². The molecule has 1 aliphatic heterocycles. The Kier molecular flexibility index (Phi) is 3.46. The maximum atomic E-state index is 12.2. The minimum atomic E-state index is -3.07. The van der Waals surface area contributed by atoms with Crippen LogP contribution in [0.3, 0.4) is 0 Å². The zero-order chi connectivity index (χ0) is 16.0. The van der Waals surface area contributed by atoms with Crippen molar-refractivity contribution < 1.29 is 8.42 Å². The van der Waals surface area contributed by atoms with Crippen LogP contribution in [0.25, 0.3) is 11.0 Å².